The molecule has 12 heavy (non-hydrogen) atoms. The number of rotatable bonds is 0. The van der Waals surface area contributed by atoms with Gasteiger partial charge in [-0.2, -0.15) is 0 Å². The lowest BCUT2D eigenvalue weighted by Gasteiger charge is -1.94. The van der Waals surface area contributed by atoms with Crippen LogP contribution in [0.3, 0.4) is 0 Å². The third-order valence-electron chi connectivity index (χ3n) is 1.81. The number of hydrogen-bond acceptors (Lipinski definition) is 1. The Morgan fingerprint density at radius 1 is 1.17 bits per heavy atom. The Hall–Kier alpha value is -0.960. The molecule has 0 atom stereocenters. The molecule has 0 N–H and O–H groups in total. The van der Waals surface area contributed by atoms with Crippen molar-refractivity contribution < 1.29 is 8.78 Å². The highest BCUT2D eigenvalue weighted by Crippen LogP contribution is 2.29. The minimum absolute atomic E-state index is 0.342. The smallest absolute Gasteiger partial charge is 0.141 e. The molecule has 1 heterocycles. The molecular formula is C9H6F2S. The van der Waals surface area contributed by atoms with E-state index in [-0.39, 0.29) is 11.6 Å². The summed E-state index contributed by atoms with van der Waals surface area (Å²) in [6.07, 6.45) is 0. The van der Waals surface area contributed by atoms with Gasteiger partial charge in [0.2, 0.25) is 0 Å². The Labute approximate surface area is 72.4 Å². The molecule has 0 aliphatic rings. The topological polar surface area (TPSA) is 0 Å². The third-order valence-corrected chi connectivity index (χ3v) is 2.91. The van der Waals surface area contributed by atoms with Gasteiger partial charge in [-0.25, -0.2) is 8.78 Å². The van der Waals surface area contributed by atoms with Crippen molar-refractivity contribution >= 4 is 21.4 Å². The lowest BCUT2D eigenvalue weighted by molar-refractivity contribution is 0.619. The van der Waals surface area contributed by atoms with Crippen molar-refractivity contribution in [3.05, 3.63) is 34.7 Å². The van der Waals surface area contributed by atoms with Crippen molar-refractivity contribution in [2.24, 2.45) is 0 Å². The van der Waals surface area contributed by atoms with Gasteiger partial charge >= 0.3 is 0 Å². The summed E-state index contributed by atoms with van der Waals surface area (Å²) < 4.78 is 26.5. The summed E-state index contributed by atoms with van der Waals surface area (Å²) in [5, 5.41) is 2.18. The lowest BCUT2D eigenvalue weighted by Crippen LogP contribution is -1.80. The molecule has 2 rings (SSSR count). The molecule has 0 saturated carbocycles. The normalized spacial score (nSPS) is 10.9. The van der Waals surface area contributed by atoms with E-state index in [4.69, 9.17) is 0 Å². The molecule has 0 fully saturated rings. The fourth-order valence-electron chi connectivity index (χ4n) is 1.22. The number of halogens is 2. The maximum atomic E-state index is 13.1. The molecule has 0 unspecified atom stereocenters. The fraction of sp³-hybridized carbons (Fsp3) is 0.111. The van der Waals surface area contributed by atoms with Gasteiger partial charge in [-0.1, -0.05) is 0 Å². The molecule has 62 valence electrons. The van der Waals surface area contributed by atoms with Crippen LogP contribution in [0.1, 0.15) is 5.56 Å². The number of benzene rings is 1. The van der Waals surface area contributed by atoms with Gasteiger partial charge in [0.05, 0.1) is 4.70 Å². The van der Waals surface area contributed by atoms with Gasteiger partial charge in [-0.3, -0.25) is 0 Å². The van der Waals surface area contributed by atoms with Gasteiger partial charge in [0, 0.05) is 5.39 Å². The lowest BCUT2D eigenvalue weighted by atomic mass is 10.2. The largest absolute Gasteiger partial charge is 0.206 e. The molecule has 1 aromatic heterocycles. The Balaban J connectivity index is 2.98. The first kappa shape index (κ1) is 7.68. The van der Waals surface area contributed by atoms with Crippen molar-refractivity contribution in [2.75, 3.05) is 0 Å². The summed E-state index contributed by atoms with van der Waals surface area (Å²) in [7, 11) is 0. The number of thiophene rings is 1. The third kappa shape index (κ3) is 0.932. The quantitative estimate of drug-likeness (QED) is 0.588. The van der Waals surface area contributed by atoms with Crippen molar-refractivity contribution in [1.82, 2.24) is 0 Å². The van der Waals surface area contributed by atoms with Gasteiger partial charge in [-0.05, 0) is 30.0 Å². The van der Waals surface area contributed by atoms with Crippen LogP contribution in [0.2, 0.25) is 0 Å². The van der Waals surface area contributed by atoms with Crippen LogP contribution >= 0.6 is 11.3 Å². The summed E-state index contributed by atoms with van der Waals surface area (Å²) in [4.78, 5) is 0. The predicted octanol–water partition coefficient (Wildman–Crippen LogP) is 3.49. The second-order valence-corrected chi connectivity index (χ2v) is 3.53. The van der Waals surface area contributed by atoms with Crippen LogP contribution in [-0.4, -0.2) is 0 Å². The number of hydrogen-bond donors (Lipinski definition) is 0. The second-order valence-electron chi connectivity index (χ2n) is 2.65. The van der Waals surface area contributed by atoms with E-state index in [0.29, 0.717) is 10.1 Å². The van der Waals surface area contributed by atoms with E-state index in [1.807, 2.05) is 0 Å². The summed E-state index contributed by atoms with van der Waals surface area (Å²) in [6.45, 7) is 1.78. The van der Waals surface area contributed by atoms with Crippen molar-refractivity contribution in [1.29, 1.82) is 0 Å². The van der Waals surface area contributed by atoms with E-state index in [1.165, 1.54) is 11.3 Å². The summed E-state index contributed by atoms with van der Waals surface area (Å²) in [6, 6.07) is 2.32. The fourth-order valence-corrected chi connectivity index (χ4v) is 2.19. The zero-order valence-corrected chi connectivity index (χ0v) is 7.21. The maximum Gasteiger partial charge on any atom is 0.141 e. The molecule has 0 spiro atoms. The van der Waals surface area contributed by atoms with E-state index < -0.39 is 0 Å². The van der Waals surface area contributed by atoms with E-state index in [9.17, 15) is 8.78 Å². The highest BCUT2D eigenvalue weighted by molar-refractivity contribution is 7.17. The monoisotopic (exact) mass is 184 g/mol. The molecule has 0 saturated heterocycles. The molecule has 3 heteroatoms. The maximum absolute atomic E-state index is 13.1. The van der Waals surface area contributed by atoms with Crippen LogP contribution < -0.4 is 0 Å². The summed E-state index contributed by atoms with van der Waals surface area (Å²) >= 11 is 1.24. The number of aryl methyl sites for hydroxylation is 1. The molecule has 0 aliphatic carbocycles. The number of fused-ring (bicyclic) bond motifs is 1. The average Bonchev–Trinajstić information content (AvgIpc) is 2.42. The van der Waals surface area contributed by atoms with E-state index in [1.54, 1.807) is 12.3 Å². The van der Waals surface area contributed by atoms with Crippen molar-refractivity contribution in [3.63, 3.8) is 0 Å². The zero-order chi connectivity index (χ0) is 8.72. The Kier molecular flexibility index (Phi) is 1.61. The van der Waals surface area contributed by atoms with Gasteiger partial charge in [-0.15, -0.1) is 11.3 Å². The van der Waals surface area contributed by atoms with Gasteiger partial charge < -0.3 is 0 Å². The van der Waals surface area contributed by atoms with E-state index >= 15 is 0 Å². The molecule has 2 aromatic rings. The van der Waals surface area contributed by atoms with Gasteiger partial charge in [0.1, 0.15) is 11.6 Å². The minimum atomic E-state index is -0.343. The van der Waals surface area contributed by atoms with Crippen LogP contribution in [0, 0.1) is 18.6 Å². The van der Waals surface area contributed by atoms with Crippen molar-refractivity contribution in [2.45, 2.75) is 6.92 Å². The standard InChI is InChI=1S/C9H6F2S/c1-5-4-12-9-7(11)3-2-6(10)8(5)9/h2-4H,1H3. The van der Waals surface area contributed by atoms with Crippen LogP contribution in [0.5, 0.6) is 0 Å². The molecule has 0 nitrogen and oxygen atoms in total. The van der Waals surface area contributed by atoms with E-state index in [2.05, 4.69) is 0 Å². The zero-order valence-electron chi connectivity index (χ0n) is 6.40. The molecule has 0 aliphatic heterocycles. The summed E-state index contributed by atoms with van der Waals surface area (Å²) in [5.74, 6) is -0.686. The Bertz CT molecular complexity index is 431. The molecular weight excluding hydrogens is 178 g/mol. The van der Waals surface area contributed by atoms with Crippen LogP contribution in [0.15, 0.2) is 17.5 Å². The first-order valence-electron chi connectivity index (χ1n) is 3.52. The molecule has 0 radical (unpaired) electrons. The first-order valence-corrected chi connectivity index (χ1v) is 4.40. The first-order chi connectivity index (χ1) is 5.70. The Morgan fingerprint density at radius 3 is 2.50 bits per heavy atom. The van der Waals surface area contributed by atoms with Crippen LogP contribution in [0.25, 0.3) is 10.1 Å². The highest BCUT2D eigenvalue weighted by Gasteiger charge is 2.09. The average molecular weight is 184 g/mol. The Morgan fingerprint density at radius 2 is 1.83 bits per heavy atom. The van der Waals surface area contributed by atoms with Gasteiger partial charge in [0.15, 0.2) is 0 Å². The molecule has 1 aromatic carbocycles. The van der Waals surface area contributed by atoms with E-state index in [0.717, 1.165) is 17.7 Å². The predicted molar refractivity (Wildman–Crippen MR) is 46.5 cm³/mol. The minimum Gasteiger partial charge on any atom is -0.206 e. The van der Waals surface area contributed by atoms with Gasteiger partial charge in [0.25, 0.3) is 0 Å². The second kappa shape index (κ2) is 2.52. The van der Waals surface area contributed by atoms with Crippen LogP contribution in [0.4, 0.5) is 8.78 Å². The van der Waals surface area contributed by atoms with Crippen molar-refractivity contribution in [3.8, 4) is 0 Å². The highest BCUT2D eigenvalue weighted by atomic mass is 32.1. The summed E-state index contributed by atoms with van der Waals surface area (Å²) in [5.41, 5.74) is 0.798. The SMILES string of the molecule is Cc1csc2c(F)ccc(F)c12. The molecule has 0 bridgehead atoms. The van der Waals surface area contributed by atoms with Crippen LogP contribution in [-0.2, 0) is 0 Å². The molecule has 0 amide bonds.